The molecule has 0 aromatic heterocycles. The Morgan fingerprint density at radius 1 is 1.15 bits per heavy atom. The standard InChI is InChI=1S/C4H10O7P2/c5-11-13(8)4-3-12(6,7)9-1-2-10-13/h5H,1-4H2,(H,6,7). The molecule has 9 heteroatoms. The third-order valence-corrected chi connectivity index (χ3v) is 4.77. The first-order chi connectivity index (χ1) is 5.97. The van der Waals surface area contributed by atoms with Gasteiger partial charge >= 0.3 is 15.2 Å². The maximum Gasteiger partial charge on any atom is 0.358 e. The molecular weight excluding hydrogens is 222 g/mol. The fourth-order valence-corrected chi connectivity index (χ4v) is 3.89. The van der Waals surface area contributed by atoms with Crippen LogP contribution in [0.2, 0.25) is 0 Å². The van der Waals surface area contributed by atoms with E-state index in [2.05, 4.69) is 13.7 Å². The number of hydrogen-bond acceptors (Lipinski definition) is 6. The minimum absolute atomic E-state index is 0.150. The van der Waals surface area contributed by atoms with Crippen molar-refractivity contribution in [2.45, 2.75) is 0 Å². The third kappa shape index (κ3) is 3.48. The Kier molecular flexibility index (Phi) is 3.65. The van der Waals surface area contributed by atoms with Crippen molar-refractivity contribution in [1.82, 2.24) is 0 Å². The van der Waals surface area contributed by atoms with E-state index in [9.17, 15) is 9.13 Å². The Morgan fingerprint density at radius 2 is 1.77 bits per heavy atom. The summed E-state index contributed by atoms with van der Waals surface area (Å²) < 4.78 is 35.1. The van der Waals surface area contributed by atoms with Crippen LogP contribution >= 0.6 is 15.2 Å². The summed E-state index contributed by atoms with van der Waals surface area (Å²) in [7, 11) is -7.30. The molecule has 0 aliphatic carbocycles. The topological polar surface area (TPSA) is 102 Å². The first kappa shape index (κ1) is 11.3. The molecule has 0 bridgehead atoms. The van der Waals surface area contributed by atoms with Crippen molar-refractivity contribution in [2.75, 3.05) is 25.5 Å². The lowest BCUT2D eigenvalue weighted by Crippen LogP contribution is -2.12. The Hall–Kier alpha value is 0.260. The van der Waals surface area contributed by atoms with E-state index in [0.717, 1.165) is 0 Å². The predicted octanol–water partition coefficient (Wildman–Crippen LogP) is 0.901. The van der Waals surface area contributed by atoms with Crippen molar-refractivity contribution in [1.29, 1.82) is 0 Å². The van der Waals surface area contributed by atoms with Gasteiger partial charge in [-0.2, -0.15) is 4.67 Å². The normalized spacial score (nSPS) is 42.3. The summed E-state index contributed by atoms with van der Waals surface area (Å²) in [5.41, 5.74) is 0. The number of rotatable bonds is 1. The van der Waals surface area contributed by atoms with Crippen molar-refractivity contribution in [3.63, 3.8) is 0 Å². The first-order valence-electron chi connectivity index (χ1n) is 3.51. The molecule has 2 unspecified atom stereocenters. The van der Waals surface area contributed by atoms with Crippen LogP contribution in [0.5, 0.6) is 0 Å². The SMILES string of the molecule is O=P1(O)CCP(=O)(OO)OCCO1. The zero-order valence-electron chi connectivity index (χ0n) is 6.66. The predicted molar refractivity (Wildman–Crippen MR) is 42.8 cm³/mol. The highest BCUT2D eigenvalue weighted by Gasteiger charge is 2.33. The van der Waals surface area contributed by atoms with Gasteiger partial charge in [0.25, 0.3) is 0 Å². The molecule has 1 saturated heterocycles. The number of hydrogen-bond donors (Lipinski definition) is 2. The van der Waals surface area contributed by atoms with Crippen molar-refractivity contribution >= 4 is 15.2 Å². The van der Waals surface area contributed by atoms with E-state index in [0.29, 0.717) is 0 Å². The summed E-state index contributed by atoms with van der Waals surface area (Å²) in [5.74, 6) is 0. The zero-order valence-corrected chi connectivity index (χ0v) is 8.45. The van der Waals surface area contributed by atoms with Crippen molar-refractivity contribution in [3.8, 4) is 0 Å². The Bertz CT molecular complexity index is 263. The van der Waals surface area contributed by atoms with Crippen LogP contribution in [0.3, 0.4) is 0 Å². The minimum atomic E-state index is -3.69. The van der Waals surface area contributed by atoms with E-state index in [-0.39, 0.29) is 25.5 Å². The molecule has 0 aromatic carbocycles. The summed E-state index contributed by atoms with van der Waals surface area (Å²) >= 11 is 0. The van der Waals surface area contributed by atoms with E-state index in [1.807, 2.05) is 0 Å². The molecule has 7 nitrogen and oxygen atoms in total. The van der Waals surface area contributed by atoms with Crippen molar-refractivity contribution < 1.29 is 33.0 Å². The monoisotopic (exact) mass is 232 g/mol. The lowest BCUT2D eigenvalue weighted by Gasteiger charge is -2.20. The summed E-state index contributed by atoms with van der Waals surface area (Å²) in [4.78, 5) is 9.03. The zero-order chi connectivity index (χ0) is 9.95. The van der Waals surface area contributed by atoms with E-state index >= 15 is 0 Å². The maximum absolute atomic E-state index is 11.3. The molecule has 1 aliphatic heterocycles. The second kappa shape index (κ2) is 4.19. The first-order valence-corrected chi connectivity index (χ1v) is 7.00. The molecule has 1 aliphatic rings. The molecule has 2 atom stereocenters. The molecular formula is C4H10O7P2. The van der Waals surface area contributed by atoms with Gasteiger partial charge in [0.1, 0.15) is 0 Å². The van der Waals surface area contributed by atoms with Crippen molar-refractivity contribution in [3.05, 3.63) is 0 Å². The van der Waals surface area contributed by atoms with E-state index in [1.165, 1.54) is 0 Å². The van der Waals surface area contributed by atoms with Crippen LogP contribution in [0.25, 0.3) is 0 Å². The molecule has 0 amide bonds. The summed E-state index contributed by atoms with van der Waals surface area (Å²) in [6.07, 6.45) is -0.692. The van der Waals surface area contributed by atoms with Gasteiger partial charge in [-0.15, -0.1) is 0 Å². The van der Waals surface area contributed by atoms with Gasteiger partial charge in [-0.05, 0) is 0 Å². The minimum Gasteiger partial charge on any atom is -0.324 e. The molecule has 2 N–H and O–H groups in total. The lowest BCUT2D eigenvalue weighted by atomic mass is 10.8. The highest BCUT2D eigenvalue weighted by Crippen LogP contribution is 2.54. The second-order valence-corrected chi connectivity index (χ2v) is 6.51. The third-order valence-electron chi connectivity index (χ3n) is 1.45. The van der Waals surface area contributed by atoms with Crippen LogP contribution in [0.15, 0.2) is 0 Å². The smallest absolute Gasteiger partial charge is 0.324 e. The van der Waals surface area contributed by atoms with Crippen LogP contribution in [-0.2, 0) is 22.9 Å². The highest BCUT2D eigenvalue weighted by molar-refractivity contribution is 7.57. The van der Waals surface area contributed by atoms with Gasteiger partial charge in [-0.1, -0.05) is 0 Å². The van der Waals surface area contributed by atoms with Gasteiger partial charge in [0.2, 0.25) is 0 Å². The molecule has 13 heavy (non-hydrogen) atoms. The second-order valence-electron chi connectivity index (χ2n) is 2.44. The van der Waals surface area contributed by atoms with Gasteiger partial charge in [-0.25, -0.2) is 5.26 Å². The molecule has 0 saturated carbocycles. The summed E-state index contributed by atoms with van der Waals surface area (Å²) in [6.45, 7) is -0.302. The average molecular weight is 232 g/mol. The Balaban J connectivity index is 2.66. The van der Waals surface area contributed by atoms with Gasteiger partial charge in [-0.3, -0.25) is 9.13 Å². The van der Waals surface area contributed by atoms with Crippen LogP contribution < -0.4 is 0 Å². The molecule has 78 valence electrons. The van der Waals surface area contributed by atoms with Gasteiger partial charge in [0.15, 0.2) is 0 Å². The lowest BCUT2D eigenvalue weighted by molar-refractivity contribution is -0.149. The van der Waals surface area contributed by atoms with Crippen molar-refractivity contribution in [2.24, 2.45) is 0 Å². The average Bonchev–Trinajstić information content (AvgIpc) is 2.08. The Labute approximate surface area is 74.6 Å². The van der Waals surface area contributed by atoms with Gasteiger partial charge in [0.05, 0.1) is 25.5 Å². The van der Waals surface area contributed by atoms with Crippen LogP contribution in [-0.4, -0.2) is 35.7 Å². The fourth-order valence-electron chi connectivity index (χ4n) is 0.799. The quantitative estimate of drug-likeness (QED) is 0.393. The molecule has 1 rings (SSSR count). The molecule has 0 spiro atoms. The Morgan fingerprint density at radius 3 is 2.38 bits per heavy atom. The highest BCUT2D eigenvalue weighted by atomic mass is 31.2. The van der Waals surface area contributed by atoms with Crippen LogP contribution in [0, 0.1) is 0 Å². The van der Waals surface area contributed by atoms with E-state index in [1.54, 1.807) is 0 Å². The van der Waals surface area contributed by atoms with E-state index in [4.69, 9.17) is 10.2 Å². The molecule has 1 fully saturated rings. The van der Waals surface area contributed by atoms with Gasteiger partial charge < -0.3 is 13.9 Å². The molecule has 0 aromatic rings. The van der Waals surface area contributed by atoms with Crippen LogP contribution in [0.4, 0.5) is 0 Å². The van der Waals surface area contributed by atoms with Crippen LogP contribution in [0.1, 0.15) is 0 Å². The summed E-state index contributed by atoms with van der Waals surface area (Å²) in [5, 5.41) is 8.24. The van der Waals surface area contributed by atoms with Gasteiger partial charge in [0, 0.05) is 0 Å². The maximum atomic E-state index is 11.3. The fraction of sp³-hybridized carbons (Fsp3) is 1.00. The largest absolute Gasteiger partial charge is 0.358 e. The van der Waals surface area contributed by atoms with E-state index < -0.39 is 15.2 Å². The molecule has 0 radical (unpaired) electrons. The summed E-state index contributed by atoms with van der Waals surface area (Å²) in [6, 6.07) is 0. The molecule has 1 heterocycles.